The van der Waals surface area contributed by atoms with E-state index >= 15 is 0 Å². The first-order valence-corrected chi connectivity index (χ1v) is 14.0. The number of halogens is 7. The smallest absolute Gasteiger partial charge is 0.344 e. The maximum atomic E-state index is 12.9. The van der Waals surface area contributed by atoms with Crippen LogP contribution in [0, 0.1) is 17.5 Å². The van der Waals surface area contributed by atoms with E-state index in [1.807, 2.05) is 0 Å². The summed E-state index contributed by atoms with van der Waals surface area (Å²) in [6, 6.07) is 2.92. The lowest BCUT2D eigenvalue weighted by Crippen LogP contribution is -2.14. The van der Waals surface area contributed by atoms with Crippen molar-refractivity contribution in [3.05, 3.63) is 69.7 Å². The van der Waals surface area contributed by atoms with Crippen LogP contribution in [-0.2, 0) is 23.9 Å². The Morgan fingerprint density at radius 2 is 1.16 bits per heavy atom. The lowest BCUT2D eigenvalue weighted by atomic mass is 10.4. The van der Waals surface area contributed by atoms with Crippen molar-refractivity contribution < 1.29 is 56.7 Å². The molecule has 0 unspecified atom stereocenters. The Kier molecular flexibility index (Phi) is 21.0. The highest BCUT2D eigenvalue weighted by atomic mass is 79.9. The number of nitrogens with zero attached hydrogens (tertiary/aromatic N) is 3. The second-order valence-electron chi connectivity index (χ2n) is 7.07. The predicted molar refractivity (Wildman–Crippen MR) is 155 cm³/mol. The molecule has 3 aromatic rings. The van der Waals surface area contributed by atoms with Gasteiger partial charge in [-0.25, -0.2) is 37.7 Å². The fraction of sp³-hybridized carbons (Fsp3) is 0.280. The number of carboxylic acids is 1. The monoisotopic (exact) mass is 751 g/mol. The minimum Gasteiger partial charge on any atom is -0.506 e. The predicted octanol–water partition coefficient (Wildman–Crippen LogP) is 5.68. The van der Waals surface area contributed by atoms with Crippen LogP contribution in [0.4, 0.5) is 13.2 Å². The van der Waals surface area contributed by atoms with Crippen molar-refractivity contribution in [1.82, 2.24) is 15.0 Å². The summed E-state index contributed by atoms with van der Waals surface area (Å²) in [6.45, 7) is 3.38. The molecular weight excluding hydrogens is 730 g/mol. The van der Waals surface area contributed by atoms with Crippen LogP contribution in [0.15, 0.2) is 36.8 Å². The van der Waals surface area contributed by atoms with E-state index in [9.17, 15) is 27.6 Å². The first kappa shape index (κ1) is 40.4. The second-order valence-corrected chi connectivity index (χ2v) is 8.70. The molecule has 0 saturated carbocycles. The van der Waals surface area contributed by atoms with Crippen LogP contribution >= 0.6 is 50.7 Å². The number of hydrogen-bond acceptors (Lipinski definition) is 11. The molecule has 0 spiro atoms. The van der Waals surface area contributed by atoms with Crippen molar-refractivity contribution in [3.8, 4) is 17.2 Å². The number of aromatic hydroxyl groups is 1. The van der Waals surface area contributed by atoms with E-state index < -0.39 is 36.0 Å². The summed E-state index contributed by atoms with van der Waals surface area (Å²) < 4.78 is 56.4. The van der Waals surface area contributed by atoms with Crippen molar-refractivity contribution in [2.75, 3.05) is 31.8 Å². The van der Waals surface area contributed by atoms with Crippen LogP contribution in [0.1, 0.15) is 13.8 Å². The van der Waals surface area contributed by atoms with Crippen LogP contribution in [0.3, 0.4) is 0 Å². The Bertz CT molecular complexity index is 1360. The second kappa shape index (κ2) is 22.9. The number of pyridine rings is 3. The molecule has 0 aliphatic heterocycles. The lowest BCUT2D eigenvalue weighted by Gasteiger charge is -2.05. The maximum absolute atomic E-state index is 12.9. The summed E-state index contributed by atoms with van der Waals surface area (Å²) in [7, 11) is 0. The highest BCUT2D eigenvalue weighted by Crippen LogP contribution is 2.18. The van der Waals surface area contributed by atoms with Gasteiger partial charge in [0.15, 0.2) is 46.1 Å². The van der Waals surface area contributed by atoms with Crippen molar-refractivity contribution in [2.24, 2.45) is 0 Å². The topological polar surface area (TPSA) is 167 Å². The number of aliphatic carboxylic acids is 1. The Morgan fingerprint density at radius 3 is 1.50 bits per heavy atom. The summed E-state index contributed by atoms with van der Waals surface area (Å²) in [4.78, 5) is 41.3. The van der Waals surface area contributed by atoms with Gasteiger partial charge in [-0.2, -0.15) is 0 Å². The first-order valence-electron chi connectivity index (χ1n) is 11.7. The average molecular weight is 754 g/mol. The van der Waals surface area contributed by atoms with Crippen molar-refractivity contribution >= 4 is 68.6 Å². The Hall–Kier alpha value is -3.60. The van der Waals surface area contributed by atoms with Gasteiger partial charge in [-0.1, -0.05) is 50.7 Å². The summed E-state index contributed by atoms with van der Waals surface area (Å²) in [5.41, 5.74) is 0. The molecular formula is C25H24BrCl3F3N3O9. The summed E-state index contributed by atoms with van der Waals surface area (Å²) in [5.74, 6) is -4.09. The number of alkyl halides is 1. The largest absolute Gasteiger partial charge is 0.506 e. The molecule has 0 atom stereocenters. The summed E-state index contributed by atoms with van der Waals surface area (Å²) >= 11 is 18.8. The Morgan fingerprint density at radius 1 is 0.750 bits per heavy atom. The fourth-order valence-electron chi connectivity index (χ4n) is 2.07. The van der Waals surface area contributed by atoms with Gasteiger partial charge in [0.25, 0.3) is 0 Å². The molecule has 0 saturated heterocycles. The van der Waals surface area contributed by atoms with Crippen LogP contribution in [0.25, 0.3) is 0 Å². The van der Waals surface area contributed by atoms with Crippen LogP contribution in [-0.4, -0.2) is 74.8 Å². The van der Waals surface area contributed by atoms with E-state index in [0.29, 0.717) is 11.9 Å². The number of carboxylic acid groups (broad SMARTS) is 1. The van der Waals surface area contributed by atoms with E-state index in [1.165, 1.54) is 6.20 Å². The van der Waals surface area contributed by atoms with Crippen LogP contribution < -0.4 is 9.47 Å². The quantitative estimate of drug-likeness (QED) is 0.156. The van der Waals surface area contributed by atoms with E-state index in [4.69, 9.17) is 49.8 Å². The standard InChI is InChI=1S/C9H9ClFNO3.C7H5ClFNO3.C5H3ClFNO.C4H7BrO2/c1-2-14-8(13)5-15-6-3-7(11)9(10)12-4-6;8-7-5(9)1-4(2-10-7)13-3-6(11)12;6-5-4(7)1-3(9)2-8-5;1-2-7-4(6)3-5/h3-4H,2,5H2,1H3;1-2H,3H2,(H,11,12);1-2,9H;2-3H2,1H3. The Labute approximate surface area is 272 Å². The zero-order valence-electron chi connectivity index (χ0n) is 22.7. The number of ether oxygens (including phenoxy) is 4. The normalized spacial score (nSPS) is 9.48. The van der Waals surface area contributed by atoms with E-state index in [0.717, 1.165) is 30.6 Å². The number of carbonyl (C=O) groups excluding carboxylic acids is 2. The molecule has 19 heteroatoms. The molecule has 0 amide bonds. The molecule has 0 aliphatic carbocycles. The molecule has 242 valence electrons. The highest BCUT2D eigenvalue weighted by Gasteiger charge is 2.07. The third-order valence-electron chi connectivity index (χ3n) is 3.76. The molecule has 44 heavy (non-hydrogen) atoms. The molecule has 2 N–H and O–H groups in total. The van der Waals surface area contributed by atoms with E-state index in [2.05, 4.69) is 45.1 Å². The van der Waals surface area contributed by atoms with Crippen LogP contribution in [0.5, 0.6) is 17.2 Å². The van der Waals surface area contributed by atoms with Gasteiger partial charge in [-0.05, 0) is 13.8 Å². The molecule has 12 nitrogen and oxygen atoms in total. The molecule has 3 aromatic heterocycles. The number of carbonyl (C=O) groups is 3. The first-order chi connectivity index (χ1) is 20.7. The lowest BCUT2D eigenvalue weighted by molar-refractivity contribution is -0.145. The van der Waals surface area contributed by atoms with Gasteiger partial charge in [0.05, 0.1) is 31.8 Å². The molecule has 0 radical (unpaired) electrons. The van der Waals surface area contributed by atoms with Crippen molar-refractivity contribution in [3.63, 3.8) is 0 Å². The minimum atomic E-state index is -1.14. The minimum absolute atomic E-state index is 0.0318. The van der Waals surface area contributed by atoms with Gasteiger partial charge < -0.3 is 29.2 Å². The molecule has 0 fully saturated rings. The SMILES string of the molecule is CCOC(=O)CBr.CCOC(=O)COc1cnc(Cl)c(F)c1.O=C(O)COc1cnc(Cl)c(F)c1.Oc1cnc(Cl)c(F)c1. The van der Waals surface area contributed by atoms with Gasteiger partial charge in [0.1, 0.15) is 22.6 Å². The van der Waals surface area contributed by atoms with Crippen molar-refractivity contribution in [2.45, 2.75) is 13.8 Å². The van der Waals surface area contributed by atoms with Gasteiger partial charge in [-0.15, -0.1) is 0 Å². The summed E-state index contributed by atoms with van der Waals surface area (Å²) in [5, 5.41) is 16.4. The summed E-state index contributed by atoms with van der Waals surface area (Å²) in [6.07, 6.45) is 3.45. The zero-order valence-corrected chi connectivity index (χ0v) is 26.6. The van der Waals surface area contributed by atoms with Gasteiger partial charge in [0, 0.05) is 18.2 Å². The maximum Gasteiger partial charge on any atom is 0.344 e. The molecule has 0 aromatic carbocycles. The number of aromatic nitrogens is 3. The average Bonchev–Trinajstić information content (AvgIpc) is 2.97. The number of hydrogen-bond donors (Lipinski definition) is 2. The third kappa shape index (κ3) is 18.8. The van der Waals surface area contributed by atoms with Gasteiger partial charge >= 0.3 is 17.9 Å². The zero-order chi connectivity index (χ0) is 33.7. The molecule has 3 rings (SSSR count). The van der Waals surface area contributed by atoms with Crippen molar-refractivity contribution in [1.29, 1.82) is 0 Å². The Balaban J connectivity index is 0.000000583. The van der Waals surface area contributed by atoms with Gasteiger partial charge in [-0.3, -0.25) is 4.79 Å². The fourth-order valence-corrected chi connectivity index (χ4v) is 2.54. The van der Waals surface area contributed by atoms with E-state index in [1.54, 1.807) is 13.8 Å². The van der Waals surface area contributed by atoms with E-state index in [-0.39, 0.29) is 51.9 Å². The number of esters is 2. The molecule has 0 bridgehead atoms. The third-order valence-corrected chi connectivity index (χ3v) is 5.06. The molecule has 0 aliphatic rings. The molecule has 3 heterocycles. The highest BCUT2D eigenvalue weighted by molar-refractivity contribution is 9.09. The van der Waals surface area contributed by atoms with Crippen LogP contribution in [0.2, 0.25) is 15.5 Å². The van der Waals surface area contributed by atoms with Gasteiger partial charge in [0.2, 0.25) is 0 Å². The number of rotatable bonds is 9.